The molecule has 0 saturated carbocycles. The molecule has 0 saturated heterocycles. The molecule has 0 unspecified atom stereocenters. The molecule has 0 aromatic heterocycles. The first-order chi connectivity index (χ1) is 12.9. The Hall–Kier alpha value is -2.55. The lowest BCUT2D eigenvalue weighted by Gasteiger charge is -2.13. The summed E-state index contributed by atoms with van der Waals surface area (Å²) in [4.78, 5) is 24.0. The second-order valence-corrected chi connectivity index (χ2v) is 6.27. The van der Waals surface area contributed by atoms with Crippen molar-refractivity contribution in [1.82, 2.24) is 16.2 Å². The fraction of sp³-hybridized carbons (Fsp3) is 0.118. The van der Waals surface area contributed by atoms with Gasteiger partial charge in [-0.2, -0.15) is 0 Å². The first-order valence-electron chi connectivity index (χ1n) is 7.51. The number of hydrogen-bond donors (Lipinski definition) is 3. The van der Waals surface area contributed by atoms with E-state index in [1.807, 2.05) is 0 Å². The number of para-hydroxylation sites is 1. The summed E-state index contributed by atoms with van der Waals surface area (Å²) in [7, 11) is 1.45. The molecule has 27 heavy (non-hydrogen) atoms. The number of carbonyl (C=O) groups excluding carboxylic acids is 2. The largest absolute Gasteiger partial charge is 0.496 e. The fourth-order valence-corrected chi connectivity index (χ4v) is 2.54. The van der Waals surface area contributed by atoms with E-state index in [1.54, 1.807) is 36.4 Å². The molecule has 2 rings (SSSR count). The molecule has 10 heteroatoms. The lowest BCUT2D eigenvalue weighted by Crippen LogP contribution is -2.49. The van der Waals surface area contributed by atoms with Crippen molar-refractivity contribution in [2.45, 2.75) is 0 Å². The number of methoxy groups -OCH3 is 1. The Morgan fingerprint density at radius 1 is 1.07 bits per heavy atom. The molecule has 2 aromatic carbocycles. The Kier molecular flexibility index (Phi) is 7.66. The molecule has 0 heterocycles. The van der Waals surface area contributed by atoms with Crippen molar-refractivity contribution in [2.75, 3.05) is 13.7 Å². The predicted octanol–water partition coefficient (Wildman–Crippen LogP) is 2.72. The van der Waals surface area contributed by atoms with Crippen LogP contribution in [0.1, 0.15) is 10.4 Å². The van der Waals surface area contributed by atoms with Gasteiger partial charge in [-0.25, -0.2) is 0 Å². The van der Waals surface area contributed by atoms with Gasteiger partial charge >= 0.3 is 0 Å². The van der Waals surface area contributed by atoms with Crippen molar-refractivity contribution in [3.63, 3.8) is 0 Å². The molecule has 7 nitrogen and oxygen atoms in total. The average Bonchev–Trinajstić information content (AvgIpc) is 2.65. The summed E-state index contributed by atoms with van der Waals surface area (Å²) in [5.74, 6) is -0.309. The highest BCUT2D eigenvalue weighted by Gasteiger charge is 2.13. The van der Waals surface area contributed by atoms with Crippen LogP contribution < -0.4 is 25.6 Å². The topological polar surface area (TPSA) is 88.7 Å². The van der Waals surface area contributed by atoms with Gasteiger partial charge in [-0.1, -0.05) is 35.3 Å². The van der Waals surface area contributed by atoms with Crippen LogP contribution in [0.4, 0.5) is 0 Å². The molecule has 0 aliphatic carbocycles. The third kappa shape index (κ3) is 6.28. The van der Waals surface area contributed by atoms with Crippen LogP contribution in [-0.2, 0) is 4.79 Å². The summed E-state index contributed by atoms with van der Waals surface area (Å²) in [6.07, 6.45) is 0. The number of nitrogens with one attached hydrogen (secondary N) is 3. The zero-order valence-corrected chi connectivity index (χ0v) is 16.4. The van der Waals surface area contributed by atoms with E-state index in [4.69, 9.17) is 44.9 Å². The van der Waals surface area contributed by atoms with Gasteiger partial charge in [0.15, 0.2) is 11.7 Å². The first kappa shape index (κ1) is 20.8. The van der Waals surface area contributed by atoms with Crippen molar-refractivity contribution >= 4 is 52.3 Å². The molecular weight excluding hydrogens is 413 g/mol. The Morgan fingerprint density at radius 2 is 1.81 bits per heavy atom. The first-order valence-corrected chi connectivity index (χ1v) is 8.68. The minimum atomic E-state index is -0.532. The van der Waals surface area contributed by atoms with E-state index < -0.39 is 11.8 Å². The lowest BCUT2D eigenvalue weighted by molar-refractivity contribution is -0.123. The fourth-order valence-electron chi connectivity index (χ4n) is 1.93. The Labute approximate surface area is 170 Å². The summed E-state index contributed by atoms with van der Waals surface area (Å²) in [6.45, 7) is -0.322. The number of rotatable bonds is 5. The van der Waals surface area contributed by atoms with Crippen molar-refractivity contribution in [2.24, 2.45) is 0 Å². The van der Waals surface area contributed by atoms with E-state index in [1.165, 1.54) is 13.2 Å². The van der Waals surface area contributed by atoms with Crippen LogP contribution >= 0.6 is 35.4 Å². The van der Waals surface area contributed by atoms with E-state index in [2.05, 4.69) is 16.2 Å². The third-order valence-corrected chi connectivity index (χ3v) is 3.88. The molecule has 0 fully saturated rings. The zero-order valence-electron chi connectivity index (χ0n) is 14.0. The van der Waals surface area contributed by atoms with Crippen molar-refractivity contribution in [3.05, 3.63) is 58.1 Å². The molecule has 0 bridgehead atoms. The maximum absolute atomic E-state index is 12.2. The van der Waals surface area contributed by atoms with Crippen LogP contribution in [0.5, 0.6) is 11.5 Å². The number of hydrogen-bond acceptors (Lipinski definition) is 5. The molecule has 2 amide bonds. The van der Waals surface area contributed by atoms with Crippen LogP contribution in [0.15, 0.2) is 42.5 Å². The number of amides is 2. The molecule has 0 spiro atoms. The summed E-state index contributed by atoms with van der Waals surface area (Å²) < 4.78 is 10.4. The standard InChI is InChI=1S/C17H15Cl2N3O4S/c1-25-13-5-3-2-4-11(13)16(24)20-17(27)22-21-15(23)9-26-14-7-6-10(18)8-12(14)19/h2-8H,9H2,1H3,(H,21,23)(H2,20,22,24,27). The maximum atomic E-state index is 12.2. The van der Waals surface area contributed by atoms with E-state index in [-0.39, 0.29) is 16.7 Å². The summed E-state index contributed by atoms with van der Waals surface area (Å²) in [6, 6.07) is 11.3. The highest BCUT2D eigenvalue weighted by molar-refractivity contribution is 7.80. The number of benzene rings is 2. The Morgan fingerprint density at radius 3 is 2.52 bits per heavy atom. The van der Waals surface area contributed by atoms with Gasteiger partial charge in [0, 0.05) is 5.02 Å². The monoisotopic (exact) mass is 427 g/mol. The smallest absolute Gasteiger partial charge is 0.276 e. The number of thiocarbonyl (C=S) groups is 1. The maximum Gasteiger partial charge on any atom is 0.276 e. The Bertz CT molecular complexity index is 864. The molecule has 3 N–H and O–H groups in total. The van der Waals surface area contributed by atoms with Crippen molar-refractivity contribution < 1.29 is 19.1 Å². The molecule has 0 radical (unpaired) electrons. The highest BCUT2D eigenvalue weighted by atomic mass is 35.5. The number of halogens is 2. The van der Waals surface area contributed by atoms with E-state index >= 15 is 0 Å². The van der Waals surface area contributed by atoms with Gasteiger partial charge in [0.2, 0.25) is 0 Å². The minimum Gasteiger partial charge on any atom is -0.496 e. The second-order valence-electron chi connectivity index (χ2n) is 5.02. The highest BCUT2D eigenvalue weighted by Crippen LogP contribution is 2.27. The summed E-state index contributed by atoms with van der Waals surface area (Å²) >= 11 is 16.7. The molecule has 0 aliphatic rings. The lowest BCUT2D eigenvalue weighted by atomic mass is 10.2. The van der Waals surface area contributed by atoms with Gasteiger partial charge in [0.05, 0.1) is 17.7 Å². The van der Waals surface area contributed by atoms with Crippen LogP contribution in [0.3, 0.4) is 0 Å². The number of hydrazine groups is 1. The number of carbonyl (C=O) groups is 2. The summed E-state index contributed by atoms with van der Waals surface area (Å²) in [5, 5.41) is 3.07. The second kappa shape index (κ2) is 9.96. The molecular formula is C17H15Cl2N3O4S. The molecule has 0 aliphatic heterocycles. The Balaban J connectivity index is 1.79. The van der Waals surface area contributed by atoms with Gasteiger partial charge in [0.1, 0.15) is 11.5 Å². The van der Waals surface area contributed by atoms with Gasteiger partial charge in [-0.3, -0.25) is 25.8 Å². The number of ether oxygens (including phenoxy) is 2. The molecule has 0 atom stereocenters. The van der Waals surface area contributed by atoms with E-state index in [0.29, 0.717) is 22.1 Å². The summed E-state index contributed by atoms with van der Waals surface area (Å²) in [5.41, 5.74) is 5.01. The van der Waals surface area contributed by atoms with Crippen LogP contribution in [0, 0.1) is 0 Å². The predicted molar refractivity (Wildman–Crippen MR) is 106 cm³/mol. The normalized spacial score (nSPS) is 9.89. The minimum absolute atomic E-state index is 0.0937. The van der Waals surface area contributed by atoms with Gasteiger partial charge < -0.3 is 9.47 Å². The van der Waals surface area contributed by atoms with Crippen LogP contribution in [-0.4, -0.2) is 30.6 Å². The van der Waals surface area contributed by atoms with Crippen molar-refractivity contribution in [1.29, 1.82) is 0 Å². The van der Waals surface area contributed by atoms with Gasteiger partial charge in [0.25, 0.3) is 11.8 Å². The average molecular weight is 428 g/mol. The molecule has 2 aromatic rings. The van der Waals surface area contributed by atoms with E-state index in [0.717, 1.165) is 0 Å². The third-order valence-electron chi connectivity index (χ3n) is 3.15. The van der Waals surface area contributed by atoms with Gasteiger partial charge in [-0.15, -0.1) is 0 Å². The quantitative estimate of drug-likeness (QED) is 0.502. The molecule has 142 valence electrons. The van der Waals surface area contributed by atoms with Crippen molar-refractivity contribution in [3.8, 4) is 11.5 Å². The van der Waals surface area contributed by atoms with Crippen LogP contribution in [0.25, 0.3) is 0 Å². The van der Waals surface area contributed by atoms with Crippen LogP contribution in [0.2, 0.25) is 10.0 Å². The van der Waals surface area contributed by atoms with Gasteiger partial charge in [-0.05, 0) is 42.5 Å². The zero-order chi connectivity index (χ0) is 19.8. The SMILES string of the molecule is COc1ccccc1C(=O)NC(=S)NNC(=O)COc1ccc(Cl)cc1Cl. The van der Waals surface area contributed by atoms with E-state index in [9.17, 15) is 9.59 Å².